The lowest BCUT2D eigenvalue weighted by Crippen LogP contribution is -2.29. The highest BCUT2D eigenvalue weighted by Crippen LogP contribution is 2.39. The van der Waals surface area contributed by atoms with Crippen molar-refractivity contribution in [1.29, 1.82) is 0 Å². The lowest BCUT2D eigenvalue weighted by molar-refractivity contribution is 0.143. The van der Waals surface area contributed by atoms with Crippen molar-refractivity contribution in [3.8, 4) is 5.75 Å². The molecule has 1 aliphatic carbocycles. The van der Waals surface area contributed by atoms with Gasteiger partial charge < -0.3 is 14.7 Å². The maximum absolute atomic E-state index is 13.5. The molecule has 1 heterocycles. The molecule has 3 atom stereocenters. The zero-order valence-corrected chi connectivity index (χ0v) is 10.5. The quantitative estimate of drug-likeness (QED) is 0.894. The number of likely N-dealkylation sites (tertiary alicyclic amines) is 1. The number of rotatable bonds is 2. The van der Waals surface area contributed by atoms with Gasteiger partial charge in [-0.2, -0.15) is 0 Å². The van der Waals surface area contributed by atoms with E-state index in [2.05, 4.69) is 0 Å². The van der Waals surface area contributed by atoms with Gasteiger partial charge in [-0.1, -0.05) is 12.1 Å². The first kappa shape index (κ1) is 12.3. The highest BCUT2D eigenvalue weighted by atomic mass is 19.1. The molecule has 1 saturated heterocycles. The molecule has 0 bridgehead atoms. The Labute approximate surface area is 110 Å². The highest BCUT2D eigenvalue weighted by Gasteiger charge is 2.43. The number of carbonyl (C=O) groups is 1. The summed E-state index contributed by atoms with van der Waals surface area (Å²) in [6.07, 6.45) is 0.773. The third-order valence-corrected chi connectivity index (χ3v) is 4.11. The van der Waals surface area contributed by atoms with Gasteiger partial charge in [0.2, 0.25) is 0 Å². The topological polar surface area (TPSA) is 49.8 Å². The minimum atomic E-state index is -0.846. The van der Waals surface area contributed by atoms with E-state index in [9.17, 15) is 9.18 Å². The van der Waals surface area contributed by atoms with Crippen LogP contribution in [0.15, 0.2) is 24.3 Å². The number of para-hydroxylation sites is 1. The van der Waals surface area contributed by atoms with Crippen LogP contribution < -0.4 is 4.74 Å². The molecule has 2 fully saturated rings. The van der Waals surface area contributed by atoms with Crippen LogP contribution in [0.3, 0.4) is 0 Å². The molecular weight excluding hydrogens is 249 g/mol. The summed E-state index contributed by atoms with van der Waals surface area (Å²) >= 11 is 0. The van der Waals surface area contributed by atoms with E-state index in [1.165, 1.54) is 11.0 Å². The van der Waals surface area contributed by atoms with Crippen LogP contribution in [0.2, 0.25) is 0 Å². The second-order valence-corrected chi connectivity index (χ2v) is 5.35. The molecule has 0 spiro atoms. The Morgan fingerprint density at radius 3 is 2.47 bits per heavy atom. The van der Waals surface area contributed by atoms with Crippen LogP contribution >= 0.6 is 0 Å². The minimum Gasteiger partial charge on any atom is -0.487 e. The highest BCUT2D eigenvalue weighted by molar-refractivity contribution is 5.65. The number of hydrogen-bond donors (Lipinski definition) is 1. The Morgan fingerprint density at radius 1 is 1.26 bits per heavy atom. The van der Waals surface area contributed by atoms with Crippen molar-refractivity contribution in [2.75, 3.05) is 13.1 Å². The summed E-state index contributed by atoms with van der Waals surface area (Å²) in [4.78, 5) is 12.4. The first-order valence-corrected chi connectivity index (χ1v) is 6.52. The molecule has 0 radical (unpaired) electrons. The maximum atomic E-state index is 13.5. The second-order valence-electron chi connectivity index (χ2n) is 5.35. The SMILES string of the molecule is O=C(O)N1C[C@H]2CC(Oc3ccccc3F)C[C@H]2C1. The number of fused-ring (bicyclic) bond motifs is 1. The van der Waals surface area contributed by atoms with Crippen molar-refractivity contribution >= 4 is 6.09 Å². The average molecular weight is 265 g/mol. The van der Waals surface area contributed by atoms with Crippen LogP contribution in [0, 0.1) is 17.7 Å². The molecule has 1 amide bonds. The van der Waals surface area contributed by atoms with Crippen molar-refractivity contribution in [3.63, 3.8) is 0 Å². The van der Waals surface area contributed by atoms with Gasteiger partial charge >= 0.3 is 6.09 Å². The van der Waals surface area contributed by atoms with E-state index < -0.39 is 6.09 Å². The summed E-state index contributed by atoms with van der Waals surface area (Å²) in [5.41, 5.74) is 0. The zero-order valence-electron chi connectivity index (χ0n) is 10.5. The van der Waals surface area contributed by atoms with Crippen LogP contribution in [0.25, 0.3) is 0 Å². The van der Waals surface area contributed by atoms with Gasteiger partial charge in [0.05, 0.1) is 6.10 Å². The number of amides is 1. The predicted molar refractivity (Wildman–Crippen MR) is 66.6 cm³/mol. The fraction of sp³-hybridized carbons (Fsp3) is 0.500. The average Bonchev–Trinajstić information content (AvgIpc) is 2.90. The van der Waals surface area contributed by atoms with E-state index in [0.717, 1.165) is 12.8 Å². The van der Waals surface area contributed by atoms with Crippen molar-refractivity contribution in [2.24, 2.45) is 11.8 Å². The van der Waals surface area contributed by atoms with E-state index >= 15 is 0 Å². The van der Waals surface area contributed by atoms with Gasteiger partial charge in [-0.05, 0) is 36.8 Å². The number of hydrogen-bond acceptors (Lipinski definition) is 2. The van der Waals surface area contributed by atoms with Crippen molar-refractivity contribution in [1.82, 2.24) is 4.90 Å². The predicted octanol–water partition coefficient (Wildman–Crippen LogP) is 2.59. The lowest BCUT2D eigenvalue weighted by atomic mass is 10.0. The van der Waals surface area contributed by atoms with Crippen LogP contribution in [0.4, 0.5) is 9.18 Å². The fourth-order valence-electron chi connectivity index (χ4n) is 3.22. The van der Waals surface area contributed by atoms with Gasteiger partial charge in [-0.3, -0.25) is 0 Å². The summed E-state index contributed by atoms with van der Waals surface area (Å²) in [6.45, 7) is 1.16. The largest absolute Gasteiger partial charge is 0.487 e. The summed E-state index contributed by atoms with van der Waals surface area (Å²) in [5.74, 6) is 0.662. The van der Waals surface area contributed by atoms with Gasteiger partial charge in [-0.25, -0.2) is 9.18 Å². The van der Waals surface area contributed by atoms with Crippen LogP contribution in [-0.2, 0) is 0 Å². The summed E-state index contributed by atoms with van der Waals surface area (Å²) < 4.78 is 19.2. The number of benzene rings is 1. The van der Waals surface area contributed by atoms with Crippen molar-refractivity contribution < 1.29 is 19.0 Å². The maximum Gasteiger partial charge on any atom is 0.407 e. The summed E-state index contributed by atoms with van der Waals surface area (Å²) in [6, 6.07) is 6.40. The number of halogens is 1. The number of carboxylic acid groups (broad SMARTS) is 1. The van der Waals surface area contributed by atoms with Gasteiger partial charge in [0, 0.05) is 13.1 Å². The van der Waals surface area contributed by atoms with E-state index in [4.69, 9.17) is 9.84 Å². The van der Waals surface area contributed by atoms with Crippen LogP contribution in [-0.4, -0.2) is 35.3 Å². The van der Waals surface area contributed by atoms with E-state index in [1.807, 2.05) is 0 Å². The van der Waals surface area contributed by atoms with E-state index in [0.29, 0.717) is 30.7 Å². The number of nitrogens with zero attached hydrogens (tertiary/aromatic N) is 1. The van der Waals surface area contributed by atoms with Crippen molar-refractivity contribution in [3.05, 3.63) is 30.1 Å². The third-order valence-electron chi connectivity index (χ3n) is 4.11. The Hall–Kier alpha value is -1.78. The summed E-state index contributed by atoms with van der Waals surface area (Å²) in [5, 5.41) is 8.95. The number of ether oxygens (including phenoxy) is 1. The Balaban J connectivity index is 1.60. The second kappa shape index (κ2) is 4.72. The molecule has 1 unspecified atom stereocenters. The molecule has 2 aliphatic rings. The lowest BCUT2D eigenvalue weighted by Gasteiger charge is -2.18. The molecule has 3 rings (SSSR count). The van der Waals surface area contributed by atoms with Gasteiger partial charge in [0.15, 0.2) is 11.6 Å². The fourth-order valence-corrected chi connectivity index (χ4v) is 3.22. The minimum absolute atomic E-state index is 0.00263. The summed E-state index contributed by atoms with van der Waals surface area (Å²) in [7, 11) is 0. The molecular formula is C14H16FNO3. The first-order chi connectivity index (χ1) is 9.13. The smallest absolute Gasteiger partial charge is 0.407 e. The van der Waals surface area contributed by atoms with Crippen LogP contribution in [0.1, 0.15) is 12.8 Å². The molecule has 1 aromatic carbocycles. The Kier molecular flexibility index (Phi) is 3.05. The standard InChI is InChI=1S/C14H16FNO3/c15-12-3-1-2-4-13(12)19-11-5-9-7-16(14(17)18)8-10(9)6-11/h1-4,9-11H,5-8H2,(H,17,18)/t9-,10+,11?. The molecule has 1 N–H and O–H groups in total. The molecule has 0 aromatic heterocycles. The van der Waals surface area contributed by atoms with Crippen LogP contribution in [0.5, 0.6) is 5.75 Å². The van der Waals surface area contributed by atoms with Gasteiger partial charge in [0.25, 0.3) is 0 Å². The molecule has 5 heteroatoms. The molecule has 4 nitrogen and oxygen atoms in total. The Morgan fingerprint density at radius 2 is 1.89 bits per heavy atom. The molecule has 1 aliphatic heterocycles. The van der Waals surface area contributed by atoms with E-state index in [-0.39, 0.29) is 11.9 Å². The third kappa shape index (κ3) is 2.37. The van der Waals surface area contributed by atoms with Gasteiger partial charge in [-0.15, -0.1) is 0 Å². The van der Waals surface area contributed by atoms with E-state index in [1.54, 1.807) is 18.2 Å². The monoisotopic (exact) mass is 265 g/mol. The first-order valence-electron chi connectivity index (χ1n) is 6.52. The Bertz CT molecular complexity index is 479. The van der Waals surface area contributed by atoms with Crippen molar-refractivity contribution in [2.45, 2.75) is 18.9 Å². The molecule has 1 aromatic rings. The van der Waals surface area contributed by atoms with Gasteiger partial charge in [0.1, 0.15) is 0 Å². The molecule has 1 saturated carbocycles. The molecule has 102 valence electrons. The molecule has 19 heavy (non-hydrogen) atoms. The normalized spacial score (nSPS) is 29.3. The zero-order chi connectivity index (χ0) is 13.4.